The molecule has 2 aliphatic heterocycles. The number of ether oxygens (including phenoxy) is 1. The fourth-order valence-electron chi connectivity index (χ4n) is 5.37. The number of morpholine rings is 1. The maximum Gasteiger partial charge on any atom is 0.443 e. The lowest BCUT2D eigenvalue weighted by Crippen LogP contribution is -2.54. The first kappa shape index (κ1) is 27.4. The summed E-state index contributed by atoms with van der Waals surface area (Å²) in [5.74, 6) is 1.41. The number of carbonyl (C=O) groups is 1. The summed E-state index contributed by atoms with van der Waals surface area (Å²) in [5, 5.41) is 3.72. The molecule has 2 fully saturated rings. The summed E-state index contributed by atoms with van der Waals surface area (Å²) in [6, 6.07) is 5.54. The smallest absolute Gasteiger partial charge is 0.378 e. The Hall–Kier alpha value is -3.72. The van der Waals surface area contributed by atoms with Crippen molar-refractivity contribution in [2.45, 2.75) is 39.5 Å². The summed E-state index contributed by atoms with van der Waals surface area (Å²) in [6.07, 6.45) is -4.59. The van der Waals surface area contributed by atoms with Crippen molar-refractivity contribution in [1.82, 2.24) is 34.6 Å². The Kier molecular flexibility index (Phi) is 7.09. The van der Waals surface area contributed by atoms with Gasteiger partial charge in [0.2, 0.25) is 10.9 Å². The van der Waals surface area contributed by atoms with Crippen LogP contribution >= 0.6 is 11.3 Å². The number of aromatic nitrogens is 6. The van der Waals surface area contributed by atoms with E-state index in [1.54, 1.807) is 23.4 Å². The number of aromatic amines is 1. The second-order valence-corrected chi connectivity index (χ2v) is 11.3. The van der Waals surface area contributed by atoms with E-state index in [1.165, 1.54) is 0 Å². The number of piperazine rings is 1. The van der Waals surface area contributed by atoms with Crippen molar-refractivity contribution >= 4 is 39.0 Å². The van der Waals surface area contributed by atoms with Crippen LogP contribution in [0.25, 0.3) is 22.6 Å². The van der Waals surface area contributed by atoms with E-state index in [4.69, 9.17) is 4.74 Å². The van der Waals surface area contributed by atoms with E-state index >= 15 is 0 Å². The molecule has 3 aromatic heterocycles. The number of anilines is 2. The minimum Gasteiger partial charge on any atom is -0.378 e. The van der Waals surface area contributed by atoms with Gasteiger partial charge in [-0.1, -0.05) is 11.3 Å². The lowest BCUT2D eigenvalue weighted by molar-refractivity contribution is -0.137. The third kappa shape index (κ3) is 5.47. The van der Waals surface area contributed by atoms with Gasteiger partial charge in [-0.15, -0.1) is 0 Å². The lowest BCUT2D eigenvalue weighted by Gasteiger charge is -2.40. The van der Waals surface area contributed by atoms with Gasteiger partial charge in [0.1, 0.15) is 28.9 Å². The molecule has 0 aliphatic carbocycles. The second kappa shape index (κ2) is 10.6. The van der Waals surface area contributed by atoms with E-state index in [9.17, 15) is 18.0 Å². The molecule has 6 rings (SSSR count). The summed E-state index contributed by atoms with van der Waals surface area (Å²) in [5.41, 5.74) is 2.52. The molecular formula is C26H30F3N9O2S. The maximum absolute atomic E-state index is 13.8. The monoisotopic (exact) mass is 589 g/mol. The van der Waals surface area contributed by atoms with E-state index in [1.807, 2.05) is 30.0 Å². The van der Waals surface area contributed by atoms with Gasteiger partial charge in [-0.05, 0) is 39.0 Å². The molecule has 1 amide bonds. The van der Waals surface area contributed by atoms with Crippen LogP contribution in [0.1, 0.15) is 23.6 Å². The number of carbonyl (C=O) groups excluding carboxylic acids is 1. The largest absolute Gasteiger partial charge is 0.443 e. The quantitative estimate of drug-likeness (QED) is 0.377. The molecule has 5 heterocycles. The molecule has 2 aliphatic rings. The van der Waals surface area contributed by atoms with Crippen LogP contribution < -0.4 is 9.80 Å². The standard InChI is InChI=1S/C26H30F3N9O2S/c1-15-13-36(6-7-37(15)21(39)14-38-17(3)30-16(2)34-38)24-22(33-25(41-24)26(27,28)29)23-31-19-5-4-18(12-20(19)32-23)35-8-10-40-11-9-35/h4-5,12,15H,6-11,13-14H2,1-3H3,(H,31,32). The van der Waals surface area contributed by atoms with Crippen LogP contribution in [0.5, 0.6) is 0 Å². The van der Waals surface area contributed by atoms with E-state index < -0.39 is 11.2 Å². The van der Waals surface area contributed by atoms with Gasteiger partial charge in [-0.25, -0.2) is 19.6 Å². The van der Waals surface area contributed by atoms with Crippen LogP contribution in [0.3, 0.4) is 0 Å². The summed E-state index contributed by atoms with van der Waals surface area (Å²) in [7, 11) is 0. The summed E-state index contributed by atoms with van der Waals surface area (Å²) in [4.78, 5) is 35.0. The van der Waals surface area contributed by atoms with E-state index in [-0.39, 0.29) is 30.0 Å². The Morgan fingerprint density at radius 3 is 2.56 bits per heavy atom. The summed E-state index contributed by atoms with van der Waals surface area (Å²) >= 11 is 0.604. The van der Waals surface area contributed by atoms with Crippen molar-refractivity contribution in [2.24, 2.45) is 0 Å². The molecule has 15 heteroatoms. The fourth-order valence-corrected chi connectivity index (χ4v) is 6.34. The topological polar surface area (TPSA) is 108 Å². The first-order valence-corrected chi connectivity index (χ1v) is 14.2. The average Bonchev–Trinajstić information content (AvgIpc) is 3.64. The zero-order chi connectivity index (χ0) is 28.9. The molecule has 1 N–H and O–H groups in total. The number of alkyl halides is 3. The molecule has 0 radical (unpaired) electrons. The van der Waals surface area contributed by atoms with Crippen LogP contribution in [-0.2, 0) is 22.3 Å². The lowest BCUT2D eigenvalue weighted by atomic mass is 10.2. The van der Waals surface area contributed by atoms with Gasteiger partial charge >= 0.3 is 6.18 Å². The van der Waals surface area contributed by atoms with Gasteiger partial charge in [0.05, 0.1) is 24.2 Å². The number of imidazole rings is 1. The molecule has 1 unspecified atom stereocenters. The molecule has 41 heavy (non-hydrogen) atoms. The summed E-state index contributed by atoms with van der Waals surface area (Å²) in [6.45, 7) is 9.41. The minimum atomic E-state index is -4.59. The van der Waals surface area contributed by atoms with Crippen LogP contribution in [-0.4, -0.2) is 92.5 Å². The van der Waals surface area contributed by atoms with Crippen LogP contribution in [0.4, 0.5) is 23.9 Å². The SMILES string of the molecule is Cc1nc(C)n(CC(=O)N2CCN(c3sc(C(F)(F)F)nc3-c3nc4ccc(N5CCOCC5)cc4[nH]3)CC2C)n1. The van der Waals surface area contributed by atoms with Gasteiger partial charge in [0, 0.05) is 44.5 Å². The third-order valence-electron chi connectivity index (χ3n) is 7.40. The number of hydrogen-bond acceptors (Lipinski definition) is 9. The Balaban J connectivity index is 1.26. The van der Waals surface area contributed by atoms with Crippen LogP contribution in [0.15, 0.2) is 18.2 Å². The second-order valence-electron chi connectivity index (χ2n) is 10.3. The van der Waals surface area contributed by atoms with Gasteiger partial charge in [0.25, 0.3) is 0 Å². The molecule has 4 aromatic rings. The highest BCUT2D eigenvalue weighted by molar-refractivity contribution is 7.16. The third-order valence-corrected chi connectivity index (χ3v) is 8.56. The van der Waals surface area contributed by atoms with Gasteiger partial charge in [-0.2, -0.15) is 18.3 Å². The zero-order valence-electron chi connectivity index (χ0n) is 22.9. The fraction of sp³-hybridized carbons (Fsp3) is 0.500. The van der Waals surface area contributed by atoms with E-state index in [2.05, 4.69) is 29.9 Å². The number of aryl methyl sites for hydroxylation is 2. The Morgan fingerprint density at radius 1 is 1.10 bits per heavy atom. The predicted molar refractivity (Wildman–Crippen MR) is 148 cm³/mol. The minimum absolute atomic E-state index is 0.0620. The zero-order valence-corrected chi connectivity index (χ0v) is 23.7. The highest BCUT2D eigenvalue weighted by atomic mass is 32.1. The number of rotatable bonds is 5. The first-order valence-electron chi connectivity index (χ1n) is 13.4. The van der Waals surface area contributed by atoms with Crippen LogP contribution in [0.2, 0.25) is 0 Å². The van der Waals surface area contributed by atoms with Gasteiger partial charge in [0.15, 0.2) is 5.82 Å². The maximum atomic E-state index is 13.8. The Morgan fingerprint density at radius 2 is 1.88 bits per heavy atom. The summed E-state index contributed by atoms with van der Waals surface area (Å²) < 4.78 is 48.5. The normalized spacial score (nSPS) is 18.5. The van der Waals surface area contributed by atoms with Gasteiger partial charge in [-0.3, -0.25) is 4.79 Å². The van der Waals surface area contributed by atoms with E-state index in [0.29, 0.717) is 66.4 Å². The molecule has 218 valence electrons. The Labute approximate surface area is 237 Å². The average molecular weight is 590 g/mol. The van der Waals surface area contributed by atoms with Crippen LogP contribution in [0, 0.1) is 13.8 Å². The van der Waals surface area contributed by atoms with Crippen molar-refractivity contribution < 1.29 is 22.7 Å². The molecule has 1 aromatic carbocycles. The molecule has 0 spiro atoms. The van der Waals surface area contributed by atoms with Crippen molar-refractivity contribution in [1.29, 1.82) is 0 Å². The highest BCUT2D eigenvalue weighted by Crippen LogP contribution is 2.43. The highest BCUT2D eigenvalue weighted by Gasteiger charge is 2.39. The molecule has 0 bridgehead atoms. The number of nitrogens with one attached hydrogen (secondary N) is 1. The van der Waals surface area contributed by atoms with Gasteiger partial charge < -0.3 is 24.4 Å². The molecule has 1 atom stereocenters. The number of fused-ring (bicyclic) bond motifs is 1. The first-order chi connectivity index (χ1) is 19.6. The van der Waals surface area contributed by atoms with Crippen molar-refractivity contribution in [3.63, 3.8) is 0 Å². The predicted octanol–water partition coefficient (Wildman–Crippen LogP) is 3.49. The molecular weight excluding hydrogens is 559 g/mol. The number of halogens is 3. The van der Waals surface area contributed by atoms with Crippen molar-refractivity contribution in [3.05, 3.63) is 34.9 Å². The number of H-pyrrole nitrogens is 1. The number of benzene rings is 1. The molecule has 0 saturated carbocycles. The number of amides is 1. The number of thiazole rings is 1. The number of nitrogens with zero attached hydrogens (tertiary/aromatic N) is 8. The van der Waals surface area contributed by atoms with E-state index in [0.717, 1.165) is 24.3 Å². The Bertz CT molecular complexity index is 1570. The molecule has 11 nitrogen and oxygen atoms in total. The van der Waals surface area contributed by atoms with Crippen molar-refractivity contribution in [3.8, 4) is 11.5 Å². The molecule has 2 saturated heterocycles. The van der Waals surface area contributed by atoms with Crippen molar-refractivity contribution in [2.75, 3.05) is 55.7 Å². The number of hydrogen-bond donors (Lipinski definition) is 1.